The Hall–Kier alpha value is 0.0300. The van der Waals surface area contributed by atoms with Gasteiger partial charge in [0.05, 0.1) is 0 Å². The summed E-state index contributed by atoms with van der Waals surface area (Å²) in [4.78, 5) is 8.24. The Morgan fingerprint density at radius 3 is 1.55 bits per heavy atom. The lowest BCUT2D eigenvalue weighted by molar-refractivity contribution is 0.204. The molecule has 0 saturated carbocycles. The summed E-state index contributed by atoms with van der Waals surface area (Å²) in [7, 11) is -1.45. The molecule has 0 aromatic heterocycles. The van der Waals surface area contributed by atoms with Crippen molar-refractivity contribution in [3.63, 3.8) is 0 Å². The van der Waals surface area contributed by atoms with Gasteiger partial charge in [0.15, 0.2) is 0 Å². The zero-order valence-corrected chi connectivity index (χ0v) is 7.88. The van der Waals surface area contributed by atoms with Crippen LogP contribution in [0.25, 0.3) is 0 Å². The van der Waals surface area contributed by atoms with E-state index in [-0.39, 0.29) is 12.8 Å². The third kappa shape index (κ3) is 17.8. The van der Waals surface area contributed by atoms with Crippen molar-refractivity contribution < 1.29 is 23.6 Å². The molecule has 0 aromatic rings. The minimum absolute atomic E-state index is 0. The Balaban J connectivity index is -0.000000140. The van der Waals surface area contributed by atoms with E-state index in [2.05, 4.69) is 9.05 Å². The molecule has 11 heavy (non-hydrogen) atoms. The standard InChI is InChI=1S/C2H7O4P.C2H6O.H3N/c1-5-7(3,4)6-2;1-2-3;/h1-2H3,(H,3,4);3H,2H2,1H3;1H3. The number of aliphatic hydroxyl groups is 1. The molecular weight excluding hydrogens is 173 g/mol. The molecule has 0 heterocycles. The Kier molecular flexibility index (Phi) is 15.7. The number of aliphatic hydroxyl groups excluding tert-OH is 1. The lowest BCUT2D eigenvalue weighted by Gasteiger charge is -2.01. The zero-order chi connectivity index (χ0) is 8.62. The van der Waals surface area contributed by atoms with Crippen LogP contribution in [0.15, 0.2) is 0 Å². The van der Waals surface area contributed by atoms with Crippen molar-refractivity contribution in [3.8, 4) is 0 Å². The van der Waals surface area contributed by atoms with Crippen LogP contribution in [0, 0.1) is 0 Å². The van der Waals surface area contributed by atoms with E-state index in [1.54, 1.807) is 6.92 Å². The van der Waals surface area contributed by atoms with Gasteiger partial charge in [0, 0.05) is 20.8 Å². The predicted molar refractivity (Wildman–Crippen MR) is 41.6 cm³/mol. The summed E-state index contributed by atoms with van der Waals surface area (Å²) in [5, 5.41) is 7.57. The molecule has 0 atom stereocenters. The summed E-state index contributed by atoms with van der Waals surface area (Å²) < 4.78 is 18.0. The van der Waals surface area contributed by atoms with Gasteiger partial charge in [-0.25, -0.2) is 4.57 Å². The third-order valence-corrected chi connectivity index (χ3v) is 1.38. The highest BCUT2D eigenvalue weighted by atomic mass is 31.2. The Labute approximate surface area is 66.3 Å². The summed E-state index contributed by atoms with van der Waals surface area (Å²) in [6.45, 7) is 1.93. The number of hydrogen-bond donors (Lipinski definition) is 3. The molecule has 6 nitrogen and oxygen atoms in total. The molecule has 0 aliphatic rings. The first kappa shape index (κ1) is 17.2. The Bertz CT molecular complexity index is 101. The molecule has 0 saturated heterocycles. The van der Waals surface area contributed by atoms with Crippen molar-refractivity contribution in [2.45, 2.75) is 6.92 Å². The van der Waals surface area contributed by atoms with E-state index >= 15 is 0 Å². The third-order valence-electron chi connectivity index (χ3n) is 0.461. The minimum atomic E-state index is -3.65. The van der Waals surface area contributed by atoms with E-state index < -0.39 is 7.82 Å². The summed E-state index contributed by atoms with van der Waals surface area (Å²) in [6.07, 6.45) is 0. The highest BCUT2D eigenvalue weighted by molar-refractivity contribution is 7.47. The molecule has 0 aromatic carbocycles. The van der Waals surface area contributed by atoms with Crippen LogP contribution >= 0.6 is 7.82 Å². The Morgan fingerprint density at radius 1 is 1.36 bits per heavy atom. The molecule has 0 unspecified atom stereocenters. The monoisotopic (exact) mass is 189 g/mol. The second-order valence-electron chi connectivity index (χ2n) is 1.15. The average molecular weight is 189 g/mol. The largest absolute Gasteiger partial charge is 0.471 e. The first-order valence-electron chi connectivity index (χ1n) is 2.59. The molecular formula is C4H16NO5P. The van der Waals surface area contributed by atoms with Crippen molar-refractivity contribution in [1.29, 1.82) is 0 Å². The summed E-state index contributed by atoms with van der Waals surface area (Å²) in [6, 6.07) is 0. The lowest BCUT2D eigenvalue weighted by Crippen LogP contribution is -1.83. The fraction of sp³-hybridized carbons (Fsp3) is 1.00. The van der Waals surface area contributed by atoms with E-state index in [4.69, 9.17) is 10.00 Å². The number of hydrogen-bond acceptors (Lipinski definition) is 5. The van der Waals surface area contributed by atoms with Gasteiger partial charge in [-0.2, -0.15) is 0 Å². The van der Waals surface area contributed by atoms with Crippen LogP contribution in [0.5, 0.6) is 0 Å². The van der Waals surface area contributed by atoms with E-state index in [1.807, 2.05) is 0 Å². The van der Waals surface area contributed by atoms with Gasteiger partial charge in [0.25, 0.3) is 0 Å². The topological polar surface area (TPSA) is 111 Å². The van der Waals surface area contributed by atoms with Crippen LogP contribution in [-0.2, 0) is 13.6 Å². The molecule has 0 aliphatic carbocycles. The fourth-order valence-electron chi connectivity index (χ4n) is 0.0745. The summed E-state index contributed by atoms with van der Waals surface area (Å²) in [5.74, 6) is 0. The highest BCUT2D eigenvalue weighted by Gasteiger charge is 2.13. The molecule has 0 rings (SSSR count). The van der Waals surface area contributed by atoms with Crippen LogP contribution in [0.3, 0.4) is 0 Å². The van der Waals surface area contributed by atoms with Gasteiger partial charge in [-0.15, -0.1) is 0 Å². The van der Waals surface area contributed by atoms with E-state index in [0.717, 1.165) is 14.2 Å². The van der Waals surface area contributed by atoms with Gasteiger partial charge >= 0.3 is 7.82 Å². The molecule has 0 amide bonds. The van der Waals surface area contributed by atoms with Gasteiger partial charge in [0.2, 0.25) is 0 Å². The summed E-state index contributed by atoms with van der Waals surface area (Å²) in [5.41, 5.74) is 0. The smallest absolute Gasteiger partial charge is 0.397 e. The van der Waals surface area contributed by atoms with Crippen molar-refractivity contribution >= 4 is 7.82 Å². The second kappa shape index (κ2) is 10.0. The maximum atomic E-state index is 10.1. The summed E-state index contributed by atoms with van der Waals surface area (Å²) >= 11 is 0. The molecule has 0 spiro atoms. The van der Waals surface area contributed by atoms with Crippen LogP contribution in [0.2, 0.25) is 0 Å². The van der Waals surface area contributed by atoms with Crippen LogP contribution < -0.4 is 6.15 Å². The highest BCUT2D eigenvalue weighted by Crippen LogP contribution is 2.40. The SMILES string of the molecule is CCO.COP(=O)(O)OC.N. The number of phosphoric acid groups is 1. The predicted octanol–water partition coefficient (Wildman–Crippen LogP) is 0.540. The van der Waals surface area contributed by atoms with Gasteiger partial charge < -0.3 is 16.2 Å². The second-order valence-corrected chi connectivity index (χ2v) is 2.82. The normalized spacial score (nSPS) is 9.18. The van der Waals surface area contributed by atoms with E-state index in [1.165, 1.54) is 0 Å². The van der Waals surface area contributed by atoms with E-state index in [0.29, 0.717) is 0 Å². The minimum Gasteiger partial charge on any atom is -0.397 e. The van der Waals surface area contributed by atoms with Crippen LogP contribution in [0.1, 0.15) is 6.92 Å². The molecule has 5 N–H and O–H groups in total. The molecule has 72 valence electrons. The van der Waals surface area contributed by atoms with Gasteiger partial charge in [0.1, 0.15) is 0 Å². The zero-order valence-electron chi connectivity index (χ0n) is 6.98. The van der Waals surface area contributed by atoms with Crippen molar-refractivity contribution in [2.75, 3.05) is 20.8 Å². The van der Waals surface area contributed by atoms with Crippen molar-refractivity contribution in [2.24, 2.45) is 0 Å². The van der Waals surface area contributed by atoms with Gasteiger partial charge in [-0.3, -0.25) is 9.05 Å². The average Bonchev–Trinajstić information content (AvgIpc) is 1.90. The molecule has 0 aliphatic heterocycles. The first-order valence-corrected chi connectivity index (χ1v) is 4.08. The fourth-order valence-corrected chi connectivity index (χ4v) is 0.224. The molecule has 0 radical (unpaired) electrons. The van der Waals surface area contributed by atoms with E-state index in [9.17, 15) is 4.57 Å². The Morgan fingerprint density at radius 2 is 1.55 bits per heavy atom. The lowest BCUT2D eigenvalue weighted by atomic mass is 10.9. The maximum Gasteiger partial charge on any atom is 0.471 e. The molecule has 0 fully saturated rings. The van der Waals surface area contributed by atoms with Crippen LogP contribution in [0.4, 0.5) is 0 Å². The van der Waals surface area contributed by atoms with Gasteiger partial charge in [-0.1, -0.05) is 0 Å². The number of rotatable bonds is 2. The number of phosphoric ester groups is 1. The van der Waals surface area contributed by atoms with Crippen molar-refractivity contribution in [3.05, 3.63) is 0 Å². The first-order chi connectivity index (χ1) is 4.54. The van der Waals surface area contributed by atoms with Gasteiger partial charge in [-0.05, 0) is 6.92 Å². The quantitative estimate of drug-likeness (QED) is 0.546. The van der Waals surface area contributed by atoms with Crippen LogP contribution in [-0.4, -0.2) is 30.8 Å². The molecule has 7 heteroatoms. The molecule has 0 bridgehead atoms. The maximum absolute atomic E-state index is 10.1. The van der Waals surface area contributed by atoms with Crippen molar-refractivity contribution in [1.82, 2.24) is 6.15 Å².